The number of alkyl halides is 1. The van der Waals surface area contributed by atoms with Gasteiger partial charge in [-0.1, -0.05) is 0 Å². The molecule has 0 radical (unpaired) electrons. The highest BCUT2D eigenvalue weighted by Gasteiger charge is 2.29. The fourth-order valence-corrected chi connectivity index (χ4v) is 3.01. The van der Waals surface area contributed by atoms with Gasteiger partial charge in [0, 0.05) is 19.3 Å². The van der Waals surface area contributed by atoms with Gasteiger partial charge in [-0.25, -0.2) is 18.2 Å². The molecule has 0 aliphatic carbocycles. The van der Waals surface area contributed by atoms with Crippen LogP contribution < -0.4 is 10.2 Å². The third-order valence-electron chi connectivity index (χ3n) is 4.48. The van der Waals surface area contributed by atoms with Crippen LogP contribution in [0.1, 0.15) is 30.2 Å². The largest absolute Gasteiger partial charge is 0.346 e. The molecule has 0 saturated carbocycles. The van der Waals surface area contributed by atoms with Gasteiger partial charge in [0.05, 0.1) is 49.5 Å². The molecule has 1 saturated heterocycles. The Balaban J connectivity index is 1.60. The van der Waals surface area contributed by atoms with E-state index >= 15 is 0 Å². The number of aryl methyl sites for hydroxylation is 1. The third kappa shape index (κ3) is 4.28. The van der Waals surface area contributed by atoms with Crippen molar-refractivity contribution in [2.24, 2.45) is 7.05 Å². The SMILES string of the molecule is C[C@H](Nc1nc(Cc2cn(C)cn2)nc(N2CC(F)C2)n1)c1ncc(F)cc1F. The second-order valence-corrected chi connectivity index (χ2v) is 6.97. The van der Waals surface area contributed by atoms with Crippen LogP contribution in [0, 0.1) is 11.6 Å². The van der Waals surface area contributed by atoms with E-state index in [2.05, 4.69) is 30.2 Å². The van der Waals surface area contributed by atoms with E-state index < -0.39 is 23.8 Å². The summed E-state index contributed by atoms with van der Waals surface area (Å²) in [5.74, 6) is -0.547. The molecule has 0 amide bonds. The minimum Gasteiger partial charge on any atom is -0.346 e. The molecule has 4 heterocycles. The number of hydrogen-bond donors (Lipinski definition) is 1. The lowest BCUT2D eigenvalue weighted by Crippen LogP contribution is -2.49. The summed E-state index contributed by atoms with van der Waals surface area (Å²) < 4.78 is 42.3. The Morgan fingerprint density at radius 1 is 1.21 bits per heavy atom. The average molecular weight is 404 g/mol. The van der Waals surface area contributed by atoms with Gasteiger partial charge >= 0.3 is 0 Å². The first-order valence-corrected chi connectivity index (χ1v) is 9.05. The number of aromatic nitrogens is 6. The van der Waals surface area contributed by atoms with E-state index in [4.69, 9.17) is 0 Å². The van der Waals surface area contributed by atoms with Crippen LogP contribution in [-0.4, -0.2) is 48.7 Å². The predicted molar refractivity (Wildman–Crippen MR) is 99.1 cm³/mol. The molecule has 1 atom stereocenters. The Morgan fingerprint density at radius 3 is 2.66 bits per heavy atom. The molecule has 0 spiro atoms. The molecule has 0 unspecified atom stereocenters. The number of pyridine rings is 1. The average Bonchev–Trinajstić information content (AvgIpc) is 3.03. The van der Waals surface area contributed by atoms with E-state index in [9.17, 15) is 13.2 Å². The van der Waals surface area contributed by atoms with Crippen LogP contribution in [0.5, 0.6) is 0 Å². The van der Waals surface area contributed by atoms with Gasteiger partial charge < -0.3 is 14.8 Å². The summed E-state index contributed by atoms with van der Waals surface area (Å²) in [5.41, 5.74) is 0.800. The molecule has 3 aromatic heterocycles. The van der Waals surface area contributed by atoms with Crippen molar-refractivity contribution >= 4 is 11.9 Å². The zero-order valence-electron chi connectivity index (χ0n) is 15.8. The molecule has 1 aliphatic heterocycles. The fraction of sp³-hybridized carbons (Fsp3) is 0.389. The topological polar surface area (TPSA) is 84.7 Å². The summed E-state index contributed by atoms with van der Waals surface area (Å²) in [5, 5.41) is 2.97. The van der Waals surface area contributed by atoms with E-state index in [0.717, 1.165) is 18.0 Å². The second-order valence-electron chi connectivity index (χ2n) is 6.97. The molecule has 152 valence electrons. The van der Waals surface area contributed by atoms with Crippen molar-refractivity contribution in [3.05, 3.63) is 53.6 Å². The number of rotatable bonds is 6. The summed E-state index contributed by atoms with van der Waals surface area (Å²) in [7, 11) is 1.86. The maximum Gasteiger partial charge on any atom is 0.230 e. The van der Waals surface area contributed by atoms with E-state index in [1.165, 1.54) is 0 Å². The third-order valence-corrected chi connectivity index (χ3v) is 4.48. The van der Waals surface area contributed by atoms with Crippen molar-refractivity contribution in [1.82, 2.24) is 29.5 Å². The van der Waals surface area contributed by atoms with Crippen molar-refractivity contribution in [3.63, 3.8) is 0 Å². The van der Waals surface area contributed by atoms with Crippen LogP contribution in [0.25, 0.3) is 0 Å². The lowest BCUT2D eigenvalue weighted by Gasteiger charge is -2.34. The first-order valence-electron chi connectivity index (χ1n) is 9.05. The highest BCUT2D eigenvalue weighted by Crippen LogP contribution is 2.23. The summed E-state index contributed by atoms with van der Waals surface area (Å²) in [6.45, 7) is 2.07. The lowest BCUT2D eigenvalue weighted by atomic mass is 10.2. The van der Waals surface area contributed by atoms with Crippen molar-refractivity contribution in [2.75, 3.05) is 23.3 Å². The predicted octanol–water partition coefficient (Wildman–Crippen LogP) is 2.20. The van der Waals surface area contributed by atoms with Crippen LogP contribution in [0.2, 0.25) is 0 Å². The Labute approximate surface area is 164 Å². The van der Waals surface area contributed by atoms with Gasteiger partial charge in [-0.2, -0.15) is 15.0 Å². The van der Waals surface area contributed by atoms with Gasteiger partial charge in [0.1, 0.15) is 23.6 Å². The van der Waals surface area contributed by atoms with Crippen molar-refractivity contribution in [1.29, 1.82) is 0 Å². The zero-order valence-corrected chi connectivity index (χ0v) is 15.8. The Bertz CT molecular complexity index is 1020. The Kier molecular flexibility index (Phi) is 5.03. The van der Waals surface area contributed by atoms with Gasteiger partial charge in [-0.3, -0.25) is 4.98 Å². The van der Waals surface area contributed by atoms with Crippen molar-refractivity contribution in [3.8, 4) is 0 Å². The van der Waals surface area contributed by atoms with Gasteiger partial charge in [0.25, 0.3) is 0 Å². The zero-order chi connectivity index (χ0) is 20.5. The smallest absolute Gasteiger partial charge is 0.230 e. The minimum absolute atomic E-state index is 0.0346. The molecule has 3 aromatic rings. The molecule has 0 bridgehead atoms. The summed E-state index contributed by atoms with van der Waals surface area (Å²) >= 11 is 0. The van der Waals surface area contributed by atoms with E-state index in [1.807, 2.05) is 17.8 Å². The van der Waals surface area contributed by atoms with Crippen molar-refractivity contribution < 1.29 is 13.2 Å². The molecule has 0 aromatic carbocycles. The molecule has 1 fully saturated rings. The second kappa shape index (κ2) is 7.64. The molecule has 4 rings (SSSR count). The van der Waals surface area contributed by atoms with Gasteiger partial charge in [0.15, 0.2) is 0 Å². The molecule has 1 aliphatic rings. The van der Waals surface area contributed by atoms with E-state index in [0.29, 0.717) is 18.2 Å². The number of nitrogens with zero attached hydrogens (tertiary/aromatic N) is 7. The van der Waals surface area contributed by atoms with Crippen LogP contribution in [0.3, 0.4) is 0 Å². The van der Waals surface area contributed by atoms with Crippen LogP contribution in [0.4, 0.5) is 25.1 Å². The standard InChI is InChI=1S/C18H19F3N8/c1-10(16-14(21)3-11(19)5-22-16)24-17-25-15(4-13-8-28(2)9-23-13)26-18(27-17)29-6-12(20)7-29/h3,5,8-10,12H,4,6-7H2,1-2H3,(H,24,25,26,27)/t10-/m0/s1. The van der Waals surface area contributed by atoms with Gasteiger partial charge in [0.2, 0.25) is 11.9 Å². The highest BCUT2D eigenvalue weighted by atomic mass is 19.1. The molecule has 29 heavy (non-hydrogen) atoms. The quantitative estimate of drug-likeness (QED) is 0.674. The maximum atomic E-state index is 14.0. The first kappa shape index (κ1) is 19.1. The maximum absolute atomic E-state index is 14.0. The normalized spacial score (nSPS) is 15.3. The number of nitrogens with one attached hydrogen (secondary N) is 1. The first-order chi connectivity index (χ1) is 13.9. The summed E-state index contributed by atoms with van der Waals surface area (Å²) in [6, 6.07) is 0.145. The Hall–Kier alpha value is -3.24. The molecule has 8 nitrogen and oxygen atoms in total. The van der Waals surface area contributed by atoms with Crippen LogP contribution in [0.15, 0.2) is 24.8 Å². The van der Waals surface area contributed by atoms with Crippen LogP contribution in [-0.2, 0) is 13.5 Å². The van der Waals surface area contributed by atoms with Gasteiger partial charge in [-0.05, 0) is 6.92 Å². The Morgan fingerprint density at radius 2 is 2.00 bits per heavy atom. The van der Waals surface area contributed by atoms with Crippen LogP contribution >= 0.6 is 0 Å². The lowest BCUT2D eigenvalue weighted by molar-refractivity contribution is 0.271. The summed E-state index contributed by atoms with van der Waals surface area (Å²) in [6.07, 6.45) is 3.90. The van der Waals surface area contributed by atoms with E-state index in [-0.39, 0.29) is 24.7 Å². The fourth-order valence-electron chi connectivity index (χ4n) is 3.01. The van der Waals surface area contributed by atoms with Crippen molar-refractivity contribution in [2.45, 2.75) is 25.6 Å². The summed E-state index contributed by atoms with van der Waals surface area (Å²) in [4.78, 5) is 22.9. The molecule has 1 N–H and O–H groups in total. The van der Waals surface area contributed by atoms with Gasteiger partial charge in [-0.15, -0.1) is 0 Å². The number of anilines is 2. The number of imidazole rings is 1. The minimum atomic E-state index is -0.918. The van der Waals surface area contributed by atoms with E-state index in [1.54, 1.807) is 18.2 Å². The monoisotopic (exact) mass is 404 g/mol. The number of hydrogen-bond acceptors (Lipinski definition) is 7. The highest BCUT2D eigenvalue weighted by molar-refractivity contribution is 5.41. The molecular weight excluding hydrogens is 385 g/mol. The molecular formula is C18H19F3N8. The molecule has 11 heteroatoms. The number of halogens is 3.